The van der Waals surface area contributed by atoms with Crippen LogP contribution in [-0.4, -0.2) is 37.7 Å². The van der Waals surface area contributed by atoms with Gasteiger partial charge in [-0.15, -0.1) is 0 Å². The minimum Gasteiger partial charge on any atom is -0.496 e. The van der Waals surface area contributed by atoms with Gasteiger partial charge in [0.15, 0.2) is 0 Å². The first kappa shape index (κ1) is 16.5. The number of benzene rings is 1. The Labute approximate surface area is 125 Å². The zero-order valence-electron chi connectivity index (χ0n) is 12.4. The predicted molar refractivity (Wildman–Crippen MR) is 84.8 cm³/mol. The number of rotatable bonds is 8. The van der Waals surface area contributed by atoms with Crippen molar-refractivity contribution in [3.63, 3.8) is 0 Å². The van der Waals surface area contributed by atoms with Gasteiger partial charge in [0.2, 0.25) is 0 Å². The molecule has 0 aromatic heterocycles. The molecule has 4 heteroatoms. The molecule has 1 aromatic rings. The van der Waals surface area contributed by atoms with Gasteiger partial charge in [0.25, 0.3) is 0 Å². The number of nitrogens with zero attached hydrogens (tertiary/aromatic N) is 1. The lowest BCUT2D eigenvalue weighted by molar-refractivity contribution is 0.270. The van der Waals surface area contributed by atoms with Crippen LogP contribution in [0.1, 0.15) is 26.3 Å². The van der Waals surface area contributed by atoms with Crippen LogP contribution in [-0.2, 0) is 6.54 Å². The molecule has 0 spiro atoms. The van der Waals surface area contributed by atoms with Crippen LogP contribution in [0.25, 0.3) is 0 Å². The maximum Gasteiger partial charge on any atom is 0.123 e. The van der Waals surface area contributed by atoms with Crippen molar-refractivity contribution in [2.75, 3.05) is 26.7 Å². The van der Waals surface area contributed by atoms with E-state index in [9.17, 15) is 0 Å². The summed E-state index contributed by atoms with van der Waals surface area (Å²) in [4.78, 5) is 2.43. The highest BCUT2D eigenvalue weighted by atomic mass is 79.9. The lowest BCUT2D eigenvalue weighted by Gasteiger charge is -2.23. The third kappa shape index (κ3) is 5.51. The summed E-state index contributed by atoms with van der Waals surface area (Å²) in [5.74, 6) is 0.936. The topological polar surface area (TPSA) is 24.5 Å². The number of hydrogen-bond donors (Lipinski definition) is 1. The smallest absolute Gasteiger partial charge is 0.123 e. The zero-order valence-corrected chi connectivity index (χ0v) is 14.0. The van der Waals surface area contributed by atoms with Crippen LogP contribution in [0, 0.1) is 0 Å². The number of methoxy groups -OCH3 is 1. The van der Waals surface area contributed by atoms with Crippen LogP contribution in [0.5, 0.6) is 5.75 Å². The maximum atomic E-state index is 5.38. The van der Waals surface area contributed by atoms with E-state index in [1.807, 2.05) is 12.1 Å². The molecule has 0 aliphatic rings. The molecule has 108 valence electrons. The third-order valence-corrected chi connectivity index (χ3v) is 3.80. The summed E-state index contributed by atoms with van der Waals surface area (Å²) in [6, 6.07) is 6.57. The van der Waals surface area contributed by atoms with Crippen LogP contribution in [0.3, 0.4) is 0 Å². The lowest BCUT2D eigenvalue weighted by atomic mass is 10.2. The lowest BCUT2D eigenvalue weighted by Crippen LogP contribution is -2.38. The SMILES string of the molecule is CCN(CC)CC(C)NCc1cc(Br)ccc1OC. The minimum atomic E-state index is 0.462. The fourth-order valence-corrected chi connectivity index (χ4v) is 2.51. The molecule has 0 aliphatic carbocycles. The molecule has 19 heavy (non-hydrogen) atoms. The van der Waals surface area contributed by atoms with Crippen molar-refractivity contribution >= 4 is 15.9 Å². The van der Waals surface area contributed by atoms with Gasteiger partial charge in [-0.05, 0) is 38.2 Å². The highest BCUT2D eigenvalue weighted by Crippen LogP contribution is 2.22. The van der Waals surface area contributed by atoms with E-state index < -0.39 is 0 Å². The van der Waals surface area contributed by atoms with E-state index in [1.165, 1.54) is 5.56 Å². The maximum absolute atomic E-state index is 5.38. The van der Waals surface area contributed by atoms with Gasteiger partial charge in [0.05, 0.1) is 7.11 Å². The van der Waals surface area contributed by atoms with Gasteiger partial charge in [0.1, 0.15) is 5.75 Å². The van der Waals surface area contributed by atoms with E-state index in [0.717, 1.165) is 36.4 Å². The fraction of sp³-hybridized carbons (Fsp3) is 0.600. The summed E-state index contributed by atoms with van der Waals surface area (Å²) in [5.41, 5.74) is 1.18. The van der Waals surface area contributed by atoms with E-state index in [-0.39, 0.29) is 0 Å². The normalized spacial score (nSPS) is 12.7. The summed E-state index contributed by atoms with van der Waals surface area (Å²) in [5, 5.41) is 3.56. The summed E-state index contributed by atoms with van der Waals surface area (Å²) >= 11 is 3.50. The molecule has 1 unspecified atom stereocenters. The molecule has 0 saturated heterocycles. The summed E-state index contributed by atoms with van der Waals surface area (Å²) in [7, 11) is 1.71. The van der Waals surface area contributed by atoms with Crippen molar-refractivity contribution in [3.8, 4) is 5.75 Å². The first-order chi connectivity index (χ1) is 9.10. The molecule has 0 aliphatic heterocycles. The Hall–Kier alpha value is -0.580. The van der Waals surface area contributed by atoms with Gasteiger partial charge in [-0.2, -0.15) is 0 Å². The number of likely N-dealkylation sites (N-methyl/N-ethyl adjacent to an activating group) is 1. The van der Waals surface area contributed by atoms with Gasteiger partial charge >= 0.3 is 0 Å². The second kappa shape index (κ2) is 8.56. The molecule has 0 amide bonds. The van der Waals surface area contributed by atoms with Crippen molar-refractivity contribution in [2.24, 2.45) is 0 Å². The quantitative estimate of drug-likeness (QED) is 0.792. The average molecular weight is 329 g/mol. The van der Waals surface area contributed by atoms with Gasteiger partial charge in [-0.3, -0.25) is 0 Å². The van der Waals surface area contributed by atoms with Gasteiger partial charge in [-0.25, -0.2) is 0 Å². The van der Waals surface area contributed by atoms with Crippen LogP contribution in [0.4, 0.5) is 0 Å². The number of hydrogen-bond acceptors (Lipinski definition) is 3. The Morgan fingerprint density at radius 3 is 2.58 bits per heavy atom. The third-order valence-electron chi connectivity index (χ3n) is 3.31. The summed E-state index contributed by atoms with van der Waals surface area (Å²) in [6.07, 6.45) is 0. The Morgan fingerprint density at radius 2 is 2.00 bits per heavy atom. The Morgan fingerprint density at radius 1 is 1.32 bits per heavy atom. The Balaban J connectivity index is 2.54. The molecule has 0 bridgehead atoms. The Kier molecular flexibility index (Phi) is 7.42. The molecule has 1 N–H and O–H groups in total. The van der Waals surface area contributed by atoms with E-state index in [2.05, 4.69) is 53.0 Å². The molecule has 3 nitrogen and oxygen atoms in total. The summed E-state index contributed by atoms with van der Waals surface area (Å²) < 4.78 is 6.47. The van der Waals surface area contributed by atoms with E-state index in [4.69, 9.17) is 4.74 Å². The van der Waals surface area contributed by atoms with E-state index in [1.54, 1.807) is 7.11 Å². The van der Waals surface area contributed by atoms with Crippen LogP contribution < -0.4 is 10.1 Å². The fourth-order valence-electron chi connectivity index (χ4n) is 2.10. The van der Waals surface area contributed by atoms with Crippen molar-refractivity contribution in [3.05, 3.63) is 28.2 Å². The van der Waals surface area contributed by atoms with Crippen molar-refractivity contribution in [1.82, 2.24) is 10.2 Å². The molecular formula is C15H25BrN2O. The number of halogens is 1. The summed E-state index contributed by atoms with van der Waals surface area (Å²) in [6.45, 7) is 10.7. The molecule has 0 fully saturated rings. The van der Waals surface area contributed by atoms with Crippen LogP contribution in [0.2, 0.25) is 0 Å². The monoisotopic (exact) mass is 328 g/mol. The second-order valence-corrected chi connectivity index (χ2v) is 5.64. The number of nitrogens with one attached hydrogen (secondary N) is 1. The van der Waals surface area contributed by atoms with E-state index in [0.29, 0.717) is 6.04 Å². The standard InChI is InChI=1S/C15H25BrN2O/c1-5-18(6-2)11-12(3)17-10-13-9-14(16)7-8-15(13)19-4/h7-9,12,17H,5-6,10-11H2,1-4H3. The van der Waals surface area contributed by atoms with Crippen molar-refractivity contribution in [1.29, 1.82) is 0 Å². The number of ether oxygens (including phenoxy) is 1. The molecule has 0 radical (unpaired) electrons. The van der Waals surface area contributed by atoms with Crippen LogP contribution in [0.15, 0.2) is 22.7 Å². The second-order valence-electron chi connectivity index (χ2n) is 4.72. The van der Waals surface area contributed by atoms with E-state index >= 15 is 0 Å². The minimum absolute atomic E-state index is 0.462. The zero-order chi connectivity index (χ0) is 14.3. The van der Waals surface area contributed by atoms with Crippen molar-refractivity contribution in [2.45, 2.75) is 33.4 Å². The Bertz CT molecular complexity index is 380. The average Bonchev–Trinajstić information content (AvgIpc) is 2.42. The molecule has 1 atom stereocenters. The molecule has 0 saturated carbocycles. The van der Waals surface area contributed by atoms with Crippen molar-refractivity contribution < 1.29 is 4.74 Å². The molecule has 1 aromatic carbocycles. The molecule has 0 heterocycles. The molecular weight excluding hydrogens is 304 g/mol. The first-order valence-electron chi connectivity index (χ1n) is 6.88. The van der Waals surface area contributed by atoms with Gasteiger partial charge in [-0.1, -0.05) is 29.8 Å². The van der Waals surface area contributed by atoms with Gasteiger partial charge < -0.3 is 15.0 Å². The van der Waals surface area contributed by atoms with Gasteiger partial charge in [0, 0.05) is 29.2 Å². The first-order valence-corrected chi connectivity index (χ1v) is 7.68. The largest absolute Gasteiger partial charge is 0.496 e. The molecule has 1 rings (SSSR count). The highest BCUT2D eigenvalue weighted by molar-refractivity contribution is 9.10. The predicted octanol–water partition coefficient (Wildman–Crippen LogP) is 3.28. The highest BCUT2D eigenvalue weighted by Gasteiger charge is 2.09. The van der Waals surface area contributed by atoms with Crippen LogP contribution >= 0.6 is 15.9 Å².